The SMILES string of the molecule is CC(C)CCNC(=O)c1cc(Nc2ccc(N(C)C)cc2)ccn1. The van der Waals surface area contributed by atoms with Crippen LogP contribution in [0.5, 0.6) is 0 Å². The van der Waals surface area contributed by atoms with Crippen LogP contribution in [0.3, 0.4) is 0 Å². The first-order chi connectivity index (χ1) is 11.5. The van der Waals surface area contributed by atoms with Crippen molar-refractivity contribution in [2.45, 2.75) is 20.3 Å². The second-order valence-corrected chi connectivity index (χ2v) is 6.43. The Balaban J connectivity index is 2.00. The molecule has 0 aliphatic heterocycles. The van der Waals surface area contributed by atoms with E-state index in [9.17, 15) is 4.79 Å². The molecule has 1 amide bonds. The lowest BCUT2D eigenvalue weighted by molar-refractivity contribution is 0.0947. The number of carbonyl (C=O) groups is 1. The highest BCUT2D eigenvalue weighted by atomic mass is 16.1. The second kappa shape index (κ2) is 8.34. The standard InChI is InChI=1S/C19H26N4O/c1-14(2)9-11-21-19(24)18-13-16(10-12-20-18)22-15-5-7-17(8-6-15)23(3)4/h5-8,10,12-14H,9,11H2,1-4H3,(H,20,22)(H,21,24). The molecule has 0 aliphatic rings. The molecule has 128 valence electrons. The van der Waals surface area contributed by atoms with Crippen LogP contribution in [0.25, 0.3) is 0 Å². The van der Waals surface area contributed by atoms with Crippen molar-refractivity contribution in [1.29, 1.82) is 0 Å². The first kappa shape index (κ1) is 17.8. The molecule has 0 saturated heterocycles. The summed E-state index contributed by atoms with van der Waals surface area (Å²) < 4.78 is 0. The Bertz CT molecular complexity index is 665. The van der Waals surface area contributed by atoms with E-state index in [1.807, 2.05) is 44.4 Å². The molecule has 2 rings (SSSR count). The lowest BCUT2D eigenvalue weighted by Gasteiger charge is -2.13. The van der Waals surface area contributed by atoms with E-state index >= 15 is 0 Å². The summed E-state index contributed by atoms with van der Waals surface area (Å²) in [5, 5.41) is 6.21. The molecule has 0 bridgehead atoms. The molecule has 2 N–H and O–H groups in total. The predicted molar refractivity (Wildman–Crippen MR) is 100 cm³/mol. The van der Waals surface area contributed by atoms with Crippen LogP contribution in [0, 0.1) is 5.92 Å². The molecule has 2 aromatic rings. The molecule has 0 radical (unpaired) electrons. The molecule has 0 atom stereocenters. The van der Waals surface area contributed by atoms with Crippen LogP contribution in [-0.4, -0.2) is 31.5 Å². The number of nitrogens with one attached hydrogen (secondary N) is 2. The van der Waals surface area contributed by atoms with Gasteiger partial charge in [-0.2, -0.15) is 0 Å². The normalized spacial score (nSPS) is 10.5. The van der Waals surface area contributed by atoms with Gasteiger partial charge in [-0.05, 0) is 48.7 Å². The number of nitrogens with zero attached hydrogens (tertiary/aromatic N) is 2. The zero-order valence-electron chi connectivity index (χ0n) is 14.8. The van der Waals surface area contributed by atoms with E-state index in [2.05, 4.69) is 34.4 Å². The maximum Gasteiger partial charge on any atom is 0.269 e. The molecule has 1 aromatic heterocycles. The third-order valence-corrected chi connectivity index (χ3v) is 3.67. The number of pyridine rings is 1. The maximum atomic E-state index is 12.1. The van der Waals surface area contributed by atoms with Crippen molar-refractivity contribution in [2.75, 3.05) is 30.9 Å². The summed E-state index contributed by atoms with van der Waals surface area (Å²) in [6.07, 6.45) is 2.61. The third-order valence-electron chi connectivity index (χ3n) is 3.67. The summed E-state index contributed by atoms with van der Waals surface area (Å²) >= 11 is 0. The van der Waals surface area contributed by atoms with Gasteiger partial charge in [0.15, 0.2) is 0 Å². The fourth-order valence-electron chi connectivity index (χ4n) is 2.21. The van der Waals surface area contributed by atoms with Crippen molar-refractivity contribution < 1.29 is 4.79 Å². The van der Waals surface area contributed by atoms with Crippen LogP contribution < -0.4 is 15.5 Å². The summed E-state index contributed by atoms with van der Waals surface area (Å²) in [6.45, 7) is 4.94. The first-order valence-electron chi connectivity index (χ1n) is 8.24. The molecular formula is C19H26N4O. The van der Waals surface area contributed by atoms with E-state index in [1.54, 1.807) is 12.3 Å². The van der Waals surface area contributed by atoms with Gasteiger partial charge in [-0.25, -0.2) is 0 Å². The van der Waals surface area contributed by atoms with Gasteiger partial charge in [0, 0.05) is 43.9 Å². The predicted octanol–water partition coefficient (Wildman–Crippen LogP) is 3.67. The summed E-state index contributed by atoms with van der Waals surface area (Å²) in [7, 11) is 4.02. The molecule has 0 saturated carbocycles. The lowest BCUT2D eigenvalue weighted by atomic mass is 10.1. The second-order valence-electron chi connectivity index (χ2n) is 6.43. The van der Waals surface area contributed by atoms with E-state index in [-0.39, 0.29) is 5.91 Å². The molecule has 1 heterocycles. The number of carbonyl (C=O) groups excluding carboxylic acids is 1. The minimum atomic E-state index is -0.137. The molecule has 0 aliphatic carbocycles. The fourth-order valence-corrected chi connectivity index (χ4v) is 2.21. The Morgan fingerprint density at radius 1 is 1.12 bits per heavy atom. The van der Waals surface area contributed by atoms with Crippen molar-refractivity contribution >= 4 is 23.0 Å². The molecule has 0 fully saturated rings. The molecular weight excluding hydrogens is 300 g/mol. The highest BCUT2D eigenvalue weighted by Crippen LogP contribution is 2.20. The summed E-state index contributed by atoms with van der Waals surface area (Å²) in [6, 6.07) is 11.7. The number of hydrogen-bond acceptors (Lipinski definition) is 4. The zero-order valence-corrected chi connectivity index (χ0v) is 14.8. The van der Waals surface area contributed by atoms with Crippen molar-refractivity contribution in [1.82, 2.24) is 10.3 Å². The van der Waals surface area contributed by atoms with E-state index in [4.69, 9.17) is 0 Å². The molecule has 5 nitrogen and oxygen atoms in total. The van der Waals surface area contributed by atoms with E-state index in [1.165, 1.54) is 0 Å². The van der Waals surface area contributed by atoms with Gasteiger partial charge in [0.2, 0.25) is 0 Å². The molecule has 5 heteroatoms. The molecule has 24 heavy (non-hydrogen) atoms. The van der Waals surface area contributed by atoms with Crippen molar-refractivity contribution in [2.24, 2.45) is 5.92 Å². The number of hydrogen-bond donors (Lipinski definition) is 2. The largest absolute Gasteiger partial charge is 0.378 e. The van der Waals surface area contributed by atoms with Crippen LogP contribution in [-0.2, 0) is 0 Å². The van der Waals surface area contributed by atoms with Gasteiger partial charge >= 0.3 is 0 Å². The van der Waals surface area contributed by atoms with Gasteiger partial charge < -0.3 is 15.5 Å². The van der Waals surface area contributed by atoms with Gasteiger partial charge in [-0.1, -0.05) is 13.8 Å². The molecule has 1 aromatic carbocycles. The van der Waals surface area contributed by atoms with Gasteiger partial charge in [0.25, 0.3) is 5.91 Å². The number of anilines is 3. The van der Waals surface area contributed by atoms with Gasteiger partial charge in [-0.3, -0.25) is 9.78 Å². The van der Waals surface area contributed by atoms with E-state index in [0.29, 0.717) is 18.2 Å². The Hall–Kier alpha value is -2.56. The number of amides is 1. The van der Waals surface area contributed by atoms with Crippen LogP contribution in [0.4, 0.5) is 17.1 Å². The van der Waals surface area contributed by atoms with E-state index in [0.717, 1.165) is 23.5 Å². The Kier molecular flexibility index (Phi) is 6.18. The highest BCUT2D eigenvalue weighted by Gasteiger charge is 2.08. The quantitative estimate of drug-likeness (QED) is 0.815. The Labute approximate surface area is 144 Å². The Morgan fingerprint density at radius 3 is 2.46 bits per heavy atom. The third kappa shape index (κ3) is 5.26. The number of benzene rings is 1. The van der Waals surface area contributed by atoms with Crippen LogP contribution in [0.2, 0.25) is 0 Å². The first-order valence-corrected chi connectivity index (χ1v) is 8.24. The monoisotopic (exact) mass is 326 g/mol. The average Bonchev–Trinajstić information content (AvgIpc) is 2.55. The van der Waals surface area contributed by atoms with Crippen LogP contribution >= 0.6 is 0 Å². The van der Waals surface area contributed by atoms with Crippen molar-refractivity contribution in [3.63, 3.8) is 0 Å². The minimum absolute atomic E-state index is 0.137. The highest BCUT2D eigenvalue weighted by molar-refractivity contribution is 5.93. The Morgan fingerprint density at radius 2 is 1.83 bits per heavy atom. The summed E-state index contributed by atoms with van der Waals surface area (Å²) in [5.74, 6) is 0.429. The lowest BCUT2D eigenvalue weighted by Crippen LogP contribution is -2.26. The molecule has 0 unspecified atom stereocenters. The van der Waals surface area contributed by atoms with Crippen molar-refractivity contribution in [3.8, 4) is 0 Å². The minimum Gasteiger partial charge on any atom is -0.378 e. The average molecular weight is 326 g/mol. The number of rotatable bonds is 7. The van der Waals surface area contributed by atoms with Gasteiger partial charge in [-0.15, -0.1) is 0 Å². The van der Waals surface area contributed by atoms with Crippen LogP contribution in [0.15, 0.2) is 42.6 Å². The topological polar surface area (TPSA) is 57.3 Å². The van der Waals surface area contributed by atoms with Crippen LogP contribution in [0.1, 0.15) is 30.8 Å². The summed E-state index contributed by atoms with van der Waals surface area (Å²) in [5.41, 5.74) is 3.38. The smallest absolute Gasteiger partial charge is 0.269 e. The summed E-state index contributed by atoms with van der Waals surface area (Å²) in [4.78, 5) is 18.4. The number of aromatic nitrogens is 1. The molecule has 0 spiro atoms. The van der Waals surface area contributed by atoms with Gasteiger partial charge in [0.05, 0.1) is 0 Å². The van der Waals surface area contributed by atoms with Gasteiger partial charge in [0.1, 0.15) is 5.69 Å². The zero-order chi connectivity index (χ0) is 17.5. The van der Waals surface area contributed by atoms with E-state index < -0.39 is 0 Å². The maximum absolute atomic E-state index is 12.1. The van der Waals surface area contributed by atoms with Crippen molar-refractivity contribution in [3.05, 3.63) is 48.3 Å². The fraction of sp³-hybridized carbons (Fsp3) is 0.368.